The molecule has 6 heteroatoms. The molecule has 0 fully saturated rings. The van der Waals surface area contributed by atoms with Gasteiger partial charge >= 0.3 is 0 Å². The predicted molar refractivity (Wildman–Crippen MR) is 85.6 cm³/mol. The highest BCUT2D eigenvalue weighted by atomic mass is 79.9. The van der Waals surface area contributed by atoms with Gasteiger partial charge in [-0.1, -0.05) is 34.5 Å². The lowest BCUT2D eigenvalue weighted by Crippen LogP contribution is -2.06. The van der Waals surface area contributed by atoms with Crippen LogP contribution in [0.1, 0.15) is 18.3 Å². The number of benzene rings is 1. The molecule has 0 bridgehead atoms. The molecule has 0 unspecified atom stereocenters. The van der Waals surface area contributed by atoms with E-state index in [1.54, 1.807) is 7.11 Å². The molecule has 2 aromatic rings. The maximum atomic E-state index is 6.34. The van der Waals surface area contributed by atoms with Crippen LogP contribution < -0.4 is 10.1 Å². The minimum atomic E-state index is 0.592. The number of anilines is 1. The van der Waals surface area contributed by atoms with E-state index in [1.165, 1.54) is 0 Å². The van der Waals surface area contributed by atoms with Crippen molar-refractivity contribution in [3.63, 3.8) is 0 Å². The number of aromatic nitrogens is 2. The zero-order chi connectivity index (χ0) is 14.7. The lowest BCUT2D eigenvalue weighted by atomic mass is 10.2. The van der Waals surface area contributed by atoms with E-state index in [4.69, 9.17) is 16.3 Å². The number of rotatable bonds is 5. The summed E-state index contributed by atoms with van der Waals surface area (Å²) in [6.45, 7) is 2.64. The molecule has 0 aliphatic carbocycles. The fourth-order valence-corrected chi connectivity index (χ4v) is 2.73. The number of methoxy groups -OCH3 is 1. The summed E-state index contributed by atoms with van der Waals surface area (Å²) in [4.78, 5) is 0. The zero-order valence-electron chi connectivity index (χ0n) is 11.7. The summed E-state index contributed by atoms with van der Waals surface area (Å²) >= 11 is 9.79. The van der Waals surface area contributed by atoms with Crippen LogP contribution in [0.5, 0.6) is 5.75 Å². The monoisotopic (exact) mass is 357 g/mol. The number of halogens is 2. The molecular formula is C14H17BrClN3O. The Labute approximate surface area is 132 Å². The fourth-order valence-electron chi connectivity index (χ4n) is 2.01. The summed E-state index contributed by atoms with van der Waals surface area (Å²) in [5, 5.41) is 8.48. The van der Waals surface area contributed by atoms with E-state index >= 15 is 0 Å². The van der Waals surface area contributed by atoms with Crippen molar-refractivity contribution in [1.82, 2.24) is 9.78 Å². The van der Waals surface area contributed by atoms with Crippen molar-refractivity contribution in [2.24, 2.45) is 7.05 Å². The van der Waals surface area contributed by atoms with Crippen LogP contribution in [0.15, 0.2) is 22.7 Å². The van der Waals surface area contributed by atoms with Gasteiger partial charge in [-0.05, 0) is 24.6 Å². The minimum absolute atomic E-state index is 0.592. The van der Waals surface area contributed by atoms with Crippen LogP contribution in [0.25, 0.3) is 0 Å². The Hall–Kier alpha value is -1.20. The predicted octanol–water partition coefficient (Wildman–Crippen LogP) is 4.02. The van der Waals surface area contributed by atoms with Crippen molar-refractivity contribution in [3.8, 4) is 5.75 Å². The highest BCUT2D eigenvalue weighted by Crippen LogP contribution is 2.29. The van der Waals surface area contributed by atoms with Crippen LogP contribution in [-0.2, 0) is 20.0 Å². The summed E-state index contributed by atoms with van der Waals surface area (Å²) in [6, 6.07) is 5.83. The molecule has 0 saturated carbocycles. The van der Waals surface area contributed by atoms with Gasteiger partial charge in [-0.3, -0.25) is 4.68 Å². The summed E-state index contributed by atoms with van der Waals surface area (Å²) in [5.74, 6) is 0.794. The van der Waals surface area contributed by atoms with Crippen molar-refractivity contribution in [2.75, 3.05) is 12.4 Å². The van der Waals surface area contributed by atoms with Crippen molar-refractivity contribution >= 4 is 33.2 Å². The molecule has 4 nitrogen and oxygen atoms in total. The van der Waals surface area contributed by atoms with Crippen molar-refractivity contribution < 1.29 is 4.74 Å². The summed E-state index contributed by atoms with van der Waals surface area (Å²) < 4.78 is 8.15. The highest BCUT2D eigenvalue weighted by molar-refractivity contribution is 9.10. The second-order valence-electron chi connectivity index (χ2n) is 4.38. The van der Waals surface area contributed by atoms with Gasteiger partial charge in [0.25, 0.3) is 0 Å². The Morgan fingerprint density at radius 1 is 1.45 bits per heavy atom. The molecule has 0 spiro atoms. The average Bonchev–Trinajstić information content (AvgIpc) is 2.71. The van der Waals surface area contributed by atoms with Crippen molar-refractivity contribution in [3.05, 3.63) is 39.1 Å². The molecule has 0 saturated heterocycles. The van der Waals surface area contributed by atoms with E-state index in [-0.39, 0.29) is 0 Å². The third kappa shape index (κ3) is 3.10. The van der Waals surface area contributed by atoms with Crippen LogP contribution >= 0.6 is 27.5 Å². The molecule has 0 aliphatic heterocycles. The van der Waals surface area contributed by atoms with E-state index < -0.39 is 0 Å². The molecule has 1 N–H and O–H groups in total. The fraction of sp³-hybridized carbons (Fsp3) is 0.357. The zero-order valence-corrected chi connectivity index (χ0v) is 14.0. The van der Waals surface area contributed by atoms with Gasteiger partial charge in [0.15, 0.2) is 0 Å². The van der Waals surface area contributed by atoms with Gasteiger partial charge < -0.3 is 10.1 Å². The van der Waals surface area contributed by atoms with E-state index in [0.29, 0.717) is 6.54 Å². The van der Waals surface area contributed by atoms with Crippen LogP contribution in [-0.4, -0.2) is 16.9 Å². The van der Waals surface area contributed by atoms with E-state index in [9.17, 15) is 0 Å². The number of ether oxygens (including phenoxy) is 1. The van der Waals surface area contributed by atoms with Gasteiger partial charge in [0.2, 0.25) is 0 Å². The first-order chi connectivity index (χ1) is 9.56. The first-order valence-corrected chi connectivity index (χ1v) is 7.51. The molecule has 0 radical (unpaired) electrons. The quantitative estimate of drug-likeness (QED) is 0.877. The van der Waals surface area contributed by atoms with Gasteiger partial charge in [0.05, 0.1) is 35.8 Å². The Kier molecular flexibility index (Phi) is 4.94. The second kappa shape index (κ2) is 6.50. The molecule has 0 amide bonds. The molecule has 1 heterocycles. The Bertz CT molecular complexity index is 613. The standard InChI is InChI=1S/C14H17BrClN3O/c1-4-10-14(16)12(19(2)18-10)8-17-11-7-9(15)5-6-13(11)20-3/h5-7,17H,4,8H2,1-3H3. The SMILES string of the molecule is CCc1nn(C)c(CNc2cc(Br)ccc2OC)c1Cl. The molecule has 108 valence electrons. The Morgan fingerprint density at radius 2 is 2.20 bits per heavy atom. The lowest BCUT2D eigenvalue weighted by Gasteiger charge is -2.12. The molecule has 0 atom stereocenters. The largest absolute Gasteiger partial charge is 0.495 e. The number of nitrogens with zero attached hydrogens (tertiary/aromatic N) is 2. The lowest BCUT2D eigenvalue weighted by molar-refractivity contribution is 0.416. The molecule has 1 aromatic heterocycles. The first-order valence-electron chi connectivity index (χ1n) is 6.34. The molecular weight excluding hydrogens is 342 g/mol. The summed E-state index contributed by atoms with van der Waals surface area (Å²) in [6.07, 6.45) is 0.826. The van der Waals surface area contributed by atoms with E-state index in [1.807, 2.05) is 36.9 Å². The Morgan fingerprint density at radius 3 is 2.80 bits per heavy atom. The normalized spacial score (nSPS) is 10.7. The molecule has 20 heavy (non-hydrogen) atoms. The molecule has 1 aromatic carbocycles. The maximum absolute atomic E-state index is 6.34. The van der Waals surface area contributed by atoms with Gasteiger partial charge in [-0.25, -0.2) is 0 Å². The van der Waals surface area contributed by atoms with Crippen LogP contribution in [0.4, 0.5) is 5.69 Å². The summed E-state index contributed by atoms with van der Waals surface area (Å²) in [7, 11) is 3.56. The number of hydrogen-bond acceptors (Lipinski definition) is 3. The second-order valence-corrected chi connectivity index (χ2v) is 5.68. The number of aryl methyl sites for hydroxylation is 2. The van der Waals surface area contributed by atoms with Crippen LogP contribution in [0.2, 0.25) is 5.02 Å². The topological polar surface area (TPSA) is 39.1 Å². The van der Waals surface area contributed by atoms with Gasteiger partial charge in [0, 0.05) is 11.5 Å². The Balaban J connectivity index is 2.21. The summed E-state index contributed by atoms with van der Waals surface area (Å²) in [5.41, 5.74) is 2.80. The number of nitrogens with one attached hydrogen (secondary N) is 1. The minimum Gasteiger partial charge on any atom is -0.495 e. The van der Waals surface area contributed by atoms with Crippen molar-refractivity contribution in [1.29, 1.82) is 0 Å². The van der Waals surface area contributed by atoms with Crippen LogP contribution in [0, 0.1) is 0 Å². The maximum Gasteiger partial charge on any atom is 0.142 e. The van der Waals surface area contributed by atoms with E-state index in [2.05, 4.69) is 26.3 Å². The van der Waals surface area contributed by atoms with E-state index in [0.717, 1.165) is 38.7 Å². The third-order valence-electron chi connectivity index (χ3n) is 3.11. The average molecular weight is 359 g/mol. The van der Waals surface area contributed by atoms with Crippen LogP contribution in [0.3, 0.4) is 0 Å². The van der Waals surface area contributed by atoms with Gasteiger partial charge in [0.1, 0.15) is 5.75 Å². The number of hydrogen-bond donors (Lipinski definition) is 1. The molecule has 0 aliphatic rings. The third-order valence-corrected chi connectivity index (χ3v) is 4.04. The first kappa shape index (κ1) is 15.2. The van der Waals surface area contributed by atoms with Gasteiger partial charge in [-0.15, -0.1) is 0 Å². The smallest absolute Gasteiger partial charge is 0.142 e. The molecule has 2 rings (SSSR count). The van der Waals surface area contributed by atoms with Gasteiger partial charge in [-0.2, -0.15) is 5.10 Å². The highest BCUT2D eigenvalue weighted by Gasteiger charge is 2.13. The van der Waals surface area contributed by atoms with Crippen molar-refractivity contribution in [2.45, 2.75) is 19.9 Å².